The molecule has 0 aromatic heterocycles. The van der Waals surface area contributed by atoms with E-state index in [0.29, 0.717) is 63.7 Å². The Kier molecular flexibility index (Phi) is 64.2. The predicted octanol–water partition coefficient (Wildman–Crippen LogP) is 12.8. The van der Waals surface area contributed by atoms with Crippen LogP contribution in [0, 0.1) is 69.4 Å². The van der Waals surface area contributed by atoms with Gasteiger partial charge in [0.2, 0.25) is 16.4 Å². The number of aliphatic hydroxyl groups excluding tert-OH is 2. The van der Waals surface area contributed by atoms with E-state index in [1.165, 1.54) is 58.9 Å². The third kappa shape index (κ3) is 47.9. The van der Waals surface area contributed by atoms with Gasteiger partial charge in [-0.25, -0.2) is 44.7 Å². The number of benzene rings is 6. The van der Waals surface area contributed by atoms with Crippen molar-refractivity contribution >= 4 is 162 Å². The molecule has 0 spiro atoms. The number of primary sulfonamides is 1. The van der Waals surface area contributed by atoms with E-state index >= 15 is 0 Å². The van der Waals surface area contributed by atoms with Crippen molar-refractivity contribution in [2.45, 2.75) is 132 Å². The number of nitrogens with two attached hydrogens (primary N) is 2. The maximum absolute atomic E-state index is 13.6. The zero-order chi connectivity index (χ0) is 91.0. The number of methoxy groups -OCH3 is 2. The van der Waals surface area contributed by atoms with Gasteiger partial charge in [-0.05, 0) is 133 Å². The van der Waals surface area contributed by atoms with E-state index < -0.39 is 87.5 Å². The average Bonchev–Trinajstić information content (AvgIpc) is 0.846. The van der Waals surface area contributed by atoms with Crippen LogP contribution in [0.5, 0.6) is 0 Å². The van der Waals surface area contributed by atoms with Crippen molar-refractivity contribution in [1.82, 2.24) is 19.6 Å². The Morgan fingerprint density at radius 3 is 1.02 bits per heavy atom. The molecule has 644 valence electrons. The first-order valence-electron chi connectivity index (χ1n) is 32.4. The molecule has 6 rings (SSSR count). The molecular weight excluding hydrogens is 1830 g/mol. The third-order valence-corrected chi connectivity index (χ3v) is 19.5. The monoisotopic (exact) mass is 1920 g/mol. The molecule has 116 heavy (non-hydrogen) atoms. The van der Waals surface area contributed by atoms with Crippen LogP contribution in [-0.4, -0.2) is 178 Å². The summed E-state index contributed by atoms with van der Waals surface area (Å²) in [7, 11) is 1.94. The van der Waals surface area contributed by atoms with E-state index in [-0.39, 0.29) is 125 Å². The minimum absolute atomic E-state index is 0. The van der Waals surface area contributed by atoms with Gasteiger partial charge in [-0.3, -0.25) is 10.2 Å². The smallest absolute Gasteiger partial charge is 0.512 e. The van der Waals surface area contributed by atoms with Crippen LogP contribution >= 0.6 is 85.5 Å². The first kappa shape index (κ1) is 121. The molecule has 0 aliphatic rings. The fourth-order valence-corrected chi connectivity index (χ4v) is 13.8. The standard InChI is InChI=1S/C13H17ClFNO2.C11H14ClFN2O2S.C10H11BrClFN2O2S.C10H12ClFN2O3S.C8H9ClFNO2S.C8H9ClFN.C5H13NO2.2C2H3N.CN.CH4O.K/c1-5-9-10(14)6-8(7-11(9)15)16-12(17)18-13(2,3)4;1-4-9-10(12)5-8(6-11(9)13)18(16,17)14-7-15(2)3;1-15(2)6-14-18(16,17)7-3-9(12)8(5-11)10(13)4-7;1-14(2)6-13-18(16,17)7-3-9(11)8(5-15)10(12)4-7;1-2-6-7(9)3-5(4-8(6)10)14(11,12)13;1-2-6-7(9)3-5(11)4-8(6)10;1-6(2)5(7-3)8-4;2*1-2-3;2*1-2;/h6-7H,5H2,1-4H3,(H,16,17);5-7H,4H2,1-3H3;3-4,6H,5H2,1-2H3;3-4,6,15H,5H2,1-2H3;3-4H,2H2,1H3,(H2,11,12,13);3-4H,2,11H2,1H3;5H,1-4H3;2*1H3;;2H,1H3;/q;;;;;;;;;-1;;+1. The van der Waals surface area contributed by atoms with Crippen LogP contribution in [0.15, 0.2) is 106 Å². The number of carbonyl (C=O) groups excluding carboxylic acids is 1. The van der Waals surface area contributed by atoms with E-state index in [1.54, 1.807) is 109 Å². The minimum atomic E-state index is -4.00. The van der Waals surface area contributed by atoms with Gasteiger partial charge in [-0.1, -0.05) is 113 Å². The zero-order valence-electron chi connectivity index (χ0n) is 67.4. The van der Waals surface area contributed by atoms with Crippen LogP contribution in [0.4, 0.5) is 42.5 Å². The van der Waals surface area contributed by atoms with E-state index in [0.717, 1.165) is 62.5 Å². The number of anilines is 2. The molecule has 0 saturated heterocycles. The number of halogens is 13. The van der Waals surface area contributed by atoms with Crippen LogP contribution in [0.2, 0.25) is 30.1 Å². The van der Waals surface area contributed by atoms with E-state index in [4.69, 9.17) is 127 Å². The summed E-state index contributed by atoms with van der Waals surface area (Å²) in [5.74, 6) is -3.61. The Labute approximate surface area is 758 Å². The van der Waals surface area contributed by atoms with Crippen LogP contribution in [0.25, 0.3) is 0 Å². The number of hydrogen-bond acceptors (Lipinski definition) is 19. The number of sulfonamides is 4. The molecule has 6 aromatic rings. The van der Waals surface area contributed by atoms with Gasteiger partial charge in [0, 0.05) is 153 Å². The molecule has 0 heterocycles. The van der Waals surface area contributed by atoms with E-state index in [2.05, 4.69) is 34.4 Å². The van der Waals surface area contributed by atoms with E-state index in [1.807, 2.05) is 32.8 Å². The summed E-state index contributed by atoms with van der Waals surface area (Å²) < 4.78 is 198. The van der Waals surface area contributed by atoms with Crippen LogP contribution in [0.3, 0.4) is 0 Å². The molecule has 0 radical (unpaired) electrons. The maximum atomic E-state index is 13.6. The predicted molar refractivity (Wildman–Crippen MR) is 445 cm³/mol. The molecule has 7 N–H and O–H groups in total. The summed E-state index contributed by atoms with van der Waals surface area (Å²) in [6, 6.07) is 17.2. The van der Waals surface area contributed by atoms with Gasteiger partial charge in [-0.15, -0.1) is 13.2 Å². The molecule has 0 fully saturated rings. The summed E-state index contributed by atoms with van der Waals surface area (Å²) >= 11 is 37.7. The molecule has 27 nitrogen and oxygen atoms in total. The van der Waals surface area contributed by atoms with Gasteiger partial charge in [0.15, 0.2) is 0 Å². The minimum Gasteiger partial charge on any atom is -0.512 e. The third-order valence-electron chi connectivity index (χ3n) is 12.4. The van der Waals surface area contributed by atoms with Crippen molar-refractivity contribution < 1.29 is 141 Å². The Morgan fingerprint density at radius 1 is 0.534 bits per heavy atom. The van der Waals surface area contributed by atoms with Crippen molar-refractivity contribution in [2.24, 2.45) is 18.3 Å². The average molecular weight is 1930 g/mol. The Hall–Kier alpha value is -5.73. The summed E-state index contributed by atoms with van der Waals surface area (Å²) in [6.07, 6.45) is 4.37. The summed E-state index contributed by atoms with van der Waals surface area (Å²) in [6.45, 7) is 19.4. The Bertz CT molecular complexity index is 4350. The number of nitrogen functional groups attached to an aromatic ring is 1. The molecule has 0 saturated carbocycles. The number of hydrogen-bond donors (Lipinski definition) is 5. The van der Waals surface area contributed by atoms with Crippen molar-refractivity contribution in [3.8, 4) is 12.1 Å². The van der Waals surface area contributed by atoms with Crippen molar-refractivity contribution in [2.75, 3.05) is 88.8 Å². The quantitative estimate of drug-likeness (QED) is 0.00692. The summed E-state index contributed by atoms with van der Waals surface area (Å²) in [5.41, 5.74) is 7.03. The SMILES string of the molecule is CC#N.CC#N.CCc1c(F)cc(N)cc1Cl.CCc1c(F)cc(NC(=O)OC(C)(C)C)cc1Cl.CCc1c(F)cc(S(=O)(=O)N=CN(C)C)cc1Cl.CCc1c(F)cc(S(N)(=O)=O)cc1Cl.CN(C)C=NS(=O)(=O)c1cc(F)c(CBr)c(Cl)c1.CN(C)C=NS(=O)(=O)c1cc(F)c(CO)c(Cl)c1.CO.COC(OC)N(C)C.[C-]#N.[K+]. The summed E-state index contributed by atoms with van der Waals surface area (Å²) in [5, 5.41) is 45.0. The topological polar surface area (TPSA) is 407 Å². The second kappa shape index (κ2) is 61.5. The second-order valence-corrected chi connectivity index (χ2v) is 32.9. The van der Waals surface area contributed by atoms with E-state index in [9.17, 15) is 64.8 Å². The molecule has 6 aromatic carbocycles. The zero-order valence-corrected chi connectivity index (χ0v) is 80.0. The van der Waals surface area contributed by atoms with Gasteiger partial charge < -0.3 is 56.7 Å². The normalized spacial score (nSPS) is 10.7. The van der Waals surface area contributed by atoms with Gasteiger partial charge in [0.1, 0.15) is 59.5 Å². The first-order chi connectivity index (χ1) is 53.1. The van der Waals surface area contributed by atoms with Gasteiger partial charge in [0.05, 0.1) is 43.3 Å². The van der Waals surface area contributed by atoms with Crippen LogP contribution in [0.1, 0.15) is 95.7 Å². The van der Waals surface area contributed by atoms with Crippen molar-refractivity contribution in [1.29, 1.82) is 15.8 Å². The van der Waals surface area contributed by atoms with Gasteiger partial charge in [0.25, 0.3) is 30.1 Å². The van der Waals surface area contributed by atoms with Gasteiger partial charge >= 0.3 is 57.5 Å². The van der Waals surface area contributed by atoms with Crippen LogP contribution < -0.4 is 67.6 Å². The largest absolute Gasteiger partial charge is 1.00 e. The number of rotatable bonds is 20. The molecule has 0 bridgehead atoms. The molecule has 1 amide bonds. The second-order valence-electron chi connectivity index (χ2n) is 23.4. The van der Waals surface area contributed by atoms with Crippen molar-refractivity contribution in [3.05, 3.63) is 178 Å². The number of ether oxygens (including phenoxy) is 3. The maximum Gasteiger partial charge on any atom is 1.00 e. The number of carbonyl (C=O) groups is 1. The number of nitriles is 2. The van der Waals surface area contributed by atoms with Crippen LogP contribution in [-0.2, 0) is 91.9 Å². The number of alkyl halides is 1. The fraction of sp³-hybridized carbons (Fsp3) is 0.394. The number of aliphatic hydroxyl groups is 2. The Balaban J connectivity index is -0.000000301. The van der Waals surface area contributed by atoms with Crippen molar-refractivity contribution in [3.63, 3.8) is 0 Å². The Morgan fingerprint density at radius 2 is 0.793 bits per heavy atom. The molecule has 0 aliphatic carbocycles. The molecule has 0 atom stereocenters. The molecule has 0 aliphatic heterocycles. The summed E-state index contributed by atoms with van der Waals surface area (Å²) in [4.78, 5) is 16.5. The molecule has 45 heteroatoms. The number of amides is 1. The fourth-order valence-electron chi connectivity index (χ4n) is 7.45. The number of nitrogens with one attached hydrogen (secondary N) is 1. The first-order valence-corrected chi connectivity index (χ1v) is 41.6. The molecule has 0 unspecified atom stereocenters. The van der Waals surface area contributed by atoms with Gasteiger partial charge in [-0.2, -0.15) is 35.8 Å². The number of nitrogens with zero attached hydrogens (tertiary/aromatic N) is 10. The molecular formula is C71H95BrCl6F6KN13O14S4.